The molecule has 0 unspecified atom stereocenters. The molecule has 1 aromatic heterocycles. The number of amides is 1. The van der Waals surface area contributed by atoms with Crippen molar-refractivity contribution in [1.29, 1.82) is 0 Å². The van der Waals surface area contributed by atoms with Gasteiger partial charge in [0.25, 0.3) is 0 Å². The maximum atomic E-state index is 12.1. The number of aromatic nitrogens is 2. The van der Waals surface area contributed by atoms with Crippen molar-refractivity contribution < 1.29 is 4.79 Å². The summed E-state index contributed by atoms with van der Waals surface area (Å²) in [5.74, 6) is 0.0680. The first-order chi connectivity index (χ1) is 13.2. The van der Waals surface area contributed by atoms with Gasteiger partial charge in [0.15, 0.2) is 10.3 Å². The van der Waals surface area contributed by atoms with E-state index in [1.54, 1.807) is 0 Å². The van der Waals surface area contributed by atoms with E-state index in [0.29, 0.717) is 18.2 Å². The van der Waals surface area contributed by atoms with Crippen molar-refractivity contribution in [2.24, 2.45) is 0 Å². The van der Waals surface area contributed by atoms with Gasteiger partial charge in [-0.25, -0.2) is 4.98 Å². The standard InChI is InChI=1S/C19H21N5OS2/c1-2-20-18(26)23-22-17(25)13-27-19-21-15-10-6-7-11-16(15)24(19)12-14-8-4-3-5-9-14/h3-11H,2,12-13H2,1H3,(H,22,25)(H2,20,23,26). The highest BCUT2D eigenvalue weighted by atomic mass is 32.2. The Balaban J connectivity index is 1.71. The lowest BCUT2D eigenvalue weighted by Gasteiger charge is -2.11. The number of fused-ring (bicyclic) bond motifs is 1. The Labute approximate surface area is 167 Å². The molecule has 0 radical (unpaired) electrons. The summed E-state index contributed by atoms with van der Waals surface area (Å²) in [5, 5.41) is 4.12. The van der Waals surface area contributed by atoms with Gasteiger partial charge in [0.05, 0.1) is 23.3 Å². The average Bonchev–Trinajstić information content (AvgIpc) is 3.03. The second kappa shape index (κ2) is 9.38. The Morgan fingerprint density at radius 1 is 1.11 bits per heavy atom. The molecule has 0 aliphatic carbocycles. The molecule has 0 aliphatic rings. The Hall–Kier alpha value is -2.58. The molecule has 0 fully saturated rings. The van der Waals surface area contributed by atoms with Crippen molar-refractivity contribution in [2.75, 3.05) is 12.3 Å². The van der Waals surface area contributed by atoms with Gasteiger partial charge in [-0.3, -0.25) is 15.6 Å². The Kier molecular flexibility index (Phi) is 6.67. The second-order valence-electron chi connectivity index (χ2n) is 5.78. The van der Waals surface area contributed by atoms with Crippen molar-refractivity contribution in [3.63, 3.8) is 0 Å². The number of nitrogens with one attached hydrogen (secondary N) is 3. The zero-order valence-corrected chi connectivity index (χ0v) is 16.6. The van der Waals surface area contributed by atoms with Crippen LogP contribution >= 0.6 is 24.0 Å². The molecule has 0 bridgehead atoms. The molecular weight excluding hydrogens is 378 g/mol. The Morgan fingerprint density at radius 2 is 1.85 bits per heavy atom. The molecule has 0 saturated carbocycles. The Morgan fingerprint density at radius 3 is 2.63 bits per heavy atom. The molecule has 0 saturated heterocycles. The highest BCUT2D eigenvalue weighted by molar-refractivity contribution is 7.99. The summed E-state index contributed by atoms with van der Waals surface area (Å²) in [6, 6.07) is 18.2. The van der Waals surface area contributed by atoms with Gasteiger partial charge in [-0.2, -0.15) is 0 Å². The second-order valence-corrected chi connectivity index (χ2v) is 7.13. The molecule has 3 aromatic rings. The van der Waals surface area contributed by atoms with Crippen molar-refractivity contribution in [3.8, 4) is 0 Å². The number of para-hydroxylation sites is 2. The summed E-state index contributed by atoms with van der Waals surface area (Å²) in [6.45, 7) is 3.33. The van der Waals surface area contributed by atoms with E-state index in [9.17, 15) is 4.79 Å². The minimum atomic E-state index is -0.168. The predicted molar refractivity (Wildman–Crippen MR) is 114 cm³/mol. The molecule has 140 valence electrons. The molecule has 0 atom stereocenters. The number of rotatable bonds is 6. The number of hydrazine groups is 1. The van der Waals surface area contributed by atoms with E-state index in [1.165, 1.54) is 17.3 Å². The van der Waals surface area contributed by atoms with Gasteiger partial charge in [0.1, 0.15) is 0 Å². The monoisotopic (exact) mass is 399 g/mol. The SMILES string of the molecule is CCNC(=S)NNC(=O)CSc1nc2ccccc2n1Cc1ccccc1. The summed E-state index contributed by atoms with van der Waals surface area (Å²) < 4.78 is 2.14. The number of thiocarbonyl (C=S) groups is 1. The van der Waals surface area contributed by atoms with Crippen LogP contribution in [0.4, 0.5) is 0 Å². The van der Waals surface area contributed by atoms with E-state index in [1.807, 2.05) is 49.4 Å². The number of thioether (sulfide) groups is 1. The van der Waals surface area contributed by atoms with Crippen LogP contribution in [0.2, 0.25) is 0 Å². The summed E-state index contributed by atoms with van der Waals surface area (Å²) in [6.07, 6.45) is 0. The number of carbonyl (C=O) groups is 1. The zero-order valence-electron chi connectivity index (χ0n) is 14.9. The topological polar surface area (TPSA) is 71.0 Å². The third-order valence-electron chi connectivity index (χ3n) is 3.79. The van der Waals surface area contributed by atoms with Gasteiger partial charge >= 0.3 is 0 Å². The largest absolute Gasteiger partial charge is 0.362 e. The number of benzene rings is 2. The normalized spacial score (nSPS) is 10.6. The summed E-state index contributed by atoms with van der Waals surface area (Å²) in [4.78, 5) is 16.8. The van der Waals surface area contributed by atoms with E-state index in [-0.39, 0.29) is 11.7 Å². The third kappa shape index (κ3) is 5.21. The Bertz CT molecular complexity index is 926. The average molecular weight is 400 g/mol. The first-order valence-corrected chi connectivity index (χ1v) is 10.0. The van der Waals surface area contributed by atoms with Crippen LogP contribution in [-0.2, 0) is 11.3 Å². The van der Waals surface area contributed by atoms with E-state index < -0.39 is 0 Å². The van der Waals surface area contributed by atoms with Crippen LogP contribution in [0.3, 0.4) is 0 Å². The summed E-state index contributed by atoms with van der Waals surface area (Å²) >= 11 is 6.43. The number of hydrogen-bond donors (Lipinski definition) is 3. The predicted octanol–water partition coefficient (Wildman–Crippen LogP) is 2.69. The van der Waals surface area contributed by atoms with Crippen LogP contribution < -0.4 is 16.2 Å². The van der Waals surface area contributed by atoms with Crippen molar-refractivity contribution in [3.05, 3.63) is 60.2 Å². The lowest BCUT2D eigenvalue weighted by atomic mass is 10.2. The molecule has 3 rings (SSSR count). The zero-order chi connectivity index (χ0) is 19.1. The highest BCUT2D eigenvalue weighted by Gasteiger charge is 2.13. The van der Waals surface area contributed by atoms with Crippen molar-refractivity contribution in [2.45, 2.75) is 18.6 Å². The molecule has 0 aliphatic heterocycles. The number of hydrogen-bond acceptors (Lipinski definition) is 4. The fourth-order valence-electron chi connectivity index (χ4n) is 2.58. The molecule has 0 spiro atoms. The molecule has 1 amide bonds. The van der Waals surface area contributed by atoms with Gasteiger partial charge in [0.2, 0.25) is 5.91 Å². The molecular formula is C19H21N5OS2. The fourth-order valence-corrected chi connectivity index (χ4v) is 3.59. The first kappa shape index (κ1) is 19.2. The minimum absolute atomic E-state index is 0.168. The van der Waals surface area contributed by atoms with E-state index in [4.69, 9.17) is 17.2 Å². The maximum absolute atomic E-state index is 12.1. The summed E-state index contributed by atoms with van der Waals surface area (Å²) in [7, 11) is 0. The van der Waals surface area contributed by atoms with Gasteiger partial charge in [-0.15, -0.1) is 0 Å². The minimum Gasteiger partial charge on any atom is -0.362 e. The van der Waals surface area contributed by atoms with E-state index in [0.717, 1.165) is 16.2 Å². The molecule has 8 heteroatoms. The quantitative estimate of drug-likeness (QED) is 0.336. The lowest BCUT2D eigenvalue weighted by Crippen LogP contribution is -2.47. The number of nitrogens with zero attached hydrogens (tertiary/aromatic N) is 2. The molecule has 2 aromatic carbocycles. The van der Waals surface area contributed by atoms with Crippen LogP contribution in [-0.4, -0.2) is 32.9 Å². The van der Waals surface area contributed by atoms with Crippen LogP contribution in [0.1, 0.15) is 12.5 Å². The van der Waals surface area contributed by atoms with Crippen LogP contribution in [0.5, 0.6) is 0 Å². The first-order valence-electron chi connectivity index (χ1n) is 8.62. The molecule has 3 N–H and O–H groups in total. The smallest absolute Gasteiger partial charge is 0.248 e. The lowest BCUT2D eigenvalue weighted by molar-refractivity contribution is -0.119. The van der Waals surface area contributed by atoms with E-state index in [2.05, 4.69) is 32.9 Å². The summed E-state index contributed by atoms with van der Waals surface area (Å²) in [5.41, 5.74) is 8.43. The van der Waals surface area contributed by atoms with Crippen LogP contribution in [0, 0.1) is 0 Å². The van der Waals surface area contributed by atoms with Crippen LogP contribution in [0.25, 0.3) is 11.0 Å². The van der Waals surface area contributed by atoms with Crippen molar-refractivity contribution in [1.82, 2.24) is 25.7 Å². The van der Waals surface area contributed by atoms with Gasteiger partial charge in [-0.1, -0.05) is 54.2 Å². The van der Waals surface area contributed by atoms with Gasteiger partial charge < -0.3 is 9.88 Å². The third-order valence-corrected chi connectivity index (χ3v) is 5.01. The molecule has 1 heterocycles. The highest BCUT2D eigenvalue weighted by Crippen LogP contribution is 2.25. The van der Waals surface area contributed by atoms with E-state index >= 15 is 0 Å². The maximum Gasteiger partial charge on any atom is 0.248 e. The van der Waals surface area contributed by atoms with Crippen LogP contribution in [0.15, 0.2) is 59.8 Å². The fraction of sp³-hybridized carbons (Fsp3) is 0.211. The number of carbonyl (C=O) groups excluding carboxylic acids is 1. The molecule has 6 nitrogen and oxygen atoms in total. The van der Waals surface area contributed by atoms with Gasteiger partial charge in [-0.05, 0) is 36.8 Å². The van der Waals surface area contributed by atoms with Crippen molar-refractivity contribution >= 4 is 46.0 Å². The number of imidazole rings is 1. The molecule has 27 heavy (non-hydrogen) atoms. The van der Waals surface area contributed by atoms with Gasteiger partial charge in [0, 0.05) is 6.54 Å².